The second-order valence-corrected chi connectivity index (χ2v) is 3.61. The van der Waals surface area contributed by atoms with Crippen LogP contribution in [0.1, 0.15) is 23.6 Å². The lowest BCUT2D eigenvalue weighted by atomic mass is 10.0. The first-order valence-corrected chi connectivity index (χ1v) is 5.61. The summed E-state index contributed by atoms with van der Waals surface area (Å²) in [7, 11) is 1.50. The lowest BCUT2D eigenvalue weighted by Gasteiger charge is -2.12. The monoisotopic (exact) mass is 248 g/mol. The highest BCUT2D eigenvalue weighted by atomic mass is 16.5. The average Bonchev–Trinajstić information content (AvgIpc) is 2.37. The maximum atomic E-state index is 11.5. The van der Waals surface area contributed by atoms with E-state index in [1.165, 1.54) is 7.11 Å². The van der Waals surface area contributed by atoms with Crippen LogP contribution in [0.2, 0.25) is 0 Å². The zero-order valence-corrected chi connectivity index (χ0v) is 10.5. The lowest BCUT2D eigenvalue weighted by Crippen LogP contribution is -2.12. The molecule has 0 fully saturated rings. The summed E-state index contributed by atoms with van der Waals surface area (Å²) >= 11 is 0. The molecule has 0 spiro atoms. The Hall–Kier alpha value is -2.06. The van der Waals surface area contributed by atoms with Crippen molar-refractivity contribution in [1.29, 1.82) is 5.26 Å². The van der Waals surface area contributed by atoms with Gasteiger partial charge in [0.2, 0.25) is 0 Å². The second-order valence-electron chi connectivity index (χ2n) is 3.61. The van der Waals surface area contributed by atoms with Crippen molar-refractivity contribution >= 4 is 5.97 Å². The Morgan fingerprint density at radius 2 is 2.22 bits per heavy atom. The van der Waals surface area contributed by atoms with Crippen LogP contribution in [0.25, 0.3) is 0 Å². The molecule has 0 radical (unpaired) electrons. The Bertz CT molecular complexity index is 478. The average molecular weight is 248 g/mol. The van der Waals surface area contributed by atoms with Crippen molar-refractivity contribution in [3.05, 3.63) is 28.8 Å². The highest BCUT2D eigenvalue weighted by molar-refractivity contribution is 5.73. The van der Waals surface area contributed by atoms with Gasteiger partial charge in [0.05, 0.1) is 31.8 Å². The van der Waals surface area contributed by atoms with Gasteiger partial charge in [-0.05, 0) is 24.6 Å². The summed E-state index contributed by atoms with van der Waals surface area (Å²) in [6, 6.07) is 5.27. The van der Waals surface area contributed by atoms with Crippen LogP contribution in [0.5, 0.6) is 5.75 Å². The maximum absolute atomic E-state index is 11.5. The minimum atomic E-state index is -0.343. The fraction of sp³-hybridized carbons (Fsp3) is 0.385. The van der Waals surface area contributed by atoms with Crippen LogP contribution in [0.15, 0.2) is 12.1 Å². The number of hydrogen-bond acceptors (Lipinski definition) is 5. The Kier molecular flexibility index (Phi) is 5.15. The molecular formula is C13H16N2O3. The maximum Gasteiger partial charge on any atom is 0.310 e. The van der Waals surface area contributed by atoms with Gasteiger partial charge in [-0.1, -0.05) is 0 Å². The molecule has 1 aromatic rings. The summed E-state index contributed by atoms with van der Waals surface area (Å²) in [5.74, 6) is 0.181. The molecule has 96 valence electrons. The van der Waals surface area contributed by atoms with E-state index >= 15 is 0 Å². The van der Waals surface area contributed by atoms with Crippen LogP contribution in [0, 0.1) is 11.3 Å². The minimum Gasteiger partial charge on any atom is -0.496 e. The highest BCUT2D eigenvalue weighted by Gasteiger charge is 2.14. The van der Waals surface area contributed by atoms with Crippen LogP contribution < -0.4 is 10.5 Å². The summed E-state index contributed by atoms with van der Waals surface area (Å²) < 4.78 is 10.1. The zero-order chi connectivity index (χ0) is 13.5. The topological polar surface area (TPSA) is 85.3 Å². The molecule has 0 heterocycles. The molecule has 18 heavy (non-hydrogen) atoms. The Labute approximate surface area is 106 Å². The first-order chi connectivity index (χ1) is 8.65. The van der Waals surface area contributed by atoms with Crippen LogP contribution >= 0.6 is 0 Å². The molecule has 5 nitrogen and oxygen atoms in total. The van der Waals surface area contributed by atoms with E-state index in [9.17, 15) is 4.79 Å². The number of methoxy groups -OCH3 is 1. The first kappa shape index (κ1) is 14.0. The van der Waals surface area contributed by atoms with Crippen molar-refractivity contribution in [3.63, 3.8) is 0 Å². The van der Waals surface area contributed by atoms with Gasteiger partial charge >= 0.3 is 5.97 Å². The van der Waals surface area contributed by atoms with Gasteiger partial charge in [-0.2, -0.15) is 5.26 Å². The molecule has 0 unspecified atom stereocenters. The SMILES string of the molecule is CCOC(=O)Cc1cc(C#N)cc(OC)c1CN. The normalized spacial score (nSPS) is 9.67. The van der Waals surface area contributed by atoms with E-state index in [0.29, 0.717) is 23.5 Å². The van der Waals surface area contributed by atoms with Crippen molar-refractivity contribution in [2.45, 2.75) is 19.9 Å². The number of esters is 1. The van der Waals surface area contributed by atoms with E-state index in [1.807, 2.05) is 6.07 Å². The fourth-order valence-electron chi connectivity index (χ4n) is 1.71. The molecular weight excluding hydrogens is 232 g/mol. The number of nitriles is 1. The van der Waals surface area contributed by atoms with Crippen LogP contribution in [-0.4, -0.2) is 19.7 Å². The number of benzene rings is 1. The Morgan fingerprint density at radius 3 is 2.72 bits per heavy atom. The van der Waals surface area contributed by atoms with E-state index in [-0.39, 0.29) is 18.9 Å². The largest absolute Gasteiger partial charge is 0.496 e. The molecule has 0 saturated carbocycles. The summed E-state index contributed by atoms with van der Waals surface area (Å²) in [6.45, 7) is 2.31. The van der Waals surface area contributed by atoms with E-state index in [4.69, 9.17) is 20.5 Å². The minimum absolute atomic E-state index is 0.0895. The molecule has 0 aliphatic carbocycles. The van der Waals surface area contributed by atoms with Gasteiger partial charge in [-0.3, -0.25) is 4.79 Å². The molecule has 1 aromatic carbocycles. The van der Waals surface area contributed by atoms with E-state index in [2.05, 4.69) is 0 Å². The predicted molar refractivity (Wildman–Crippen MR) is 65.9 cm³/mol. The number of nitrogens with zero attached hydrogens (tertiary/aromatic N) is 1. The number of hydrogen-bond donors (Lipinski definition) is 1. The highest BCUT2D eigenvalue weighted by Crippen LogP contribution is 2.25. The zero-order valence-electron chi connectivity index (χ0n) is 10.5. The molecule has 5 heteroatoms. The van der Waals surface area contributed by atoms with Gasteiger partial charge in [0.1, 0.15) is 5.75 Å². The third-order valence-corrected chi connectivity index (χ3v) is 2.49. The smallest absolute Gasteiger partial charge is 0.310 e. The molecule has 0 aliphatic rings. The number of rotatable bonds is 5. The summed E-state index contributed by atoms with van der Waals surface area (Å²) in [6.07, 6.45) is 0.0895. The van der Waals surface area contributed by atoms with Gasteiger partial charge in [-0.25, -0.2) is 0 Å². The number of nitrogens with two attached hydrogens (primary N) is 1. The molecule has 0 aromatic heterocycles. The van der Waals surface area contributed by atoms with Crippen molar-refractivity contribution in [2.75, 3.05) is 13.7 Å². The van der Waals surface area contributed by atoms with Gasteiger partial charge < -0.3 is 15.2 Å². The van der Waals surface area contributed by atoms with Crippen LogP contribution in [-0.2, 0) is 22.5 Å². The molecule has 0 amide bonds. The summed E-state index contributed by atoms with van der Waals surface area (Å²) in [5, 5.41) is 8.93. The molecule has 0 atom stereocenters. The third kappa shape index (κ3) is 3.22. The Balaban J connectivity index is 3.15. The van der Waals surface area contributed by atoms with Gasteiger partial charge in [0.25, 0.3) is 0 Å². The molecule has 2 N–H and O–H groups in total. The molecule has 0 saturated heterocycles. The predicted octanol–water partition coefficient (Wildman–Crippen LogP) is 1.13. The number of carbonyl (C=O) groups is 1. The molecule has 1 rings (SSSR count). The van der Waals surface area contributed by atoms with Gasteiger partial charge in [-0.15, -0.1) is 0 Å². The van der Waals surface area contributed by atoms with Crippen molar-refractivity contribution < 1.29 is 14.3 Å². The van der Waals surface area contributed by atoms with Crippen molar-refractivity contribution in [2.24, 2.45) is 5.73 Å². The molecule has 0 aliphatic heterocycles. The number of carbonyl (C=O) groups excluding carboxylic acids is 1. The van der Waals surface area contributed by atoms with Gasteiger partial charge in [0, 0.05) is 12.1 Å². The standard InChI is InChI=1S/C13H16N2O3/c1-3-18-13(16)6-10-4-9(7-14)5-12(17-2)11(10)8-15/h4-5H,3,6,8,15H2,1-2H3. The van der Waals surface area contributed by atoms with E-state index in [0.717, 1.165) is 5.56 Å². The Morgan fingerprint density at radius 1 is 1.50 bits per heavy atom. The first-order valence-electron chi connectivity index (χ1n) is 5.61. The summed E-state index contributed by atoms with van der Waals surface area (Å²) in [5.41, 5.74) is 7.49. The van der Waals surface area contributed by atoms with E-state index in [1.54, 1.807) is 19.1 Å². The molecule has 0 bridgehead atoms. The summed E-state index contributed by atoms with van der Waals surface area (Å²) in [4.78, 5) is 11.5. The van der Waals surface area contributed by atoms with Gasteiger partial charge in [0.15, 0.2) is 0 Å². The fourth-order valence-corrected chi connectivity index (χ4v) is 1.71. The second kappa shape index (κ2) is 6.62. The van der Waals surface area contributed by atoms with E-state index < -0.39 is 0 Å². The van der Waals surface area contributed by atoms with Crippen LogP contribution in [0.3, 0.4) is 0 Å². The quantitative estimate of drug-likeness (QED) is 0.789. The van der Waals surface area contributed by atoms with Crippen molar-refractivity contribution in [3.8, 4) is 11.8 Å². The van der Waals surface area contributed by atoms with Crippen molar-refractivity contribution in [1.82, 2.24) is 0 Å². The number of ether oxygens (including phenoxy) is 2. The lowest BCUT2D eigenvalue weighted by molar-refractivity contribution is -0.142. The third-order valence-electron chi connectivity index (χ3n) is 2.49. The van der Waals surface area contributed by atoms with Crippen LogP contribution in [0.4, 0.5) is 0 Å².